The van der Waals surface area contributed by atoms with Gasteiger partial charge >= 0.3 is 0 Å². The van der Waals surface area contributed by atoms with Gasteiger partial charge in [0.25, 0.3) is 15.9 Å². The molecule has 1 aliphatic rings. The first-order valence-corrected chi connectivity index (χ1v) is 12.1. The lowest BCUT2D eigenvalue weighted by Crippen LogP contribution is -2.36. The minimum absolute atomic E-state index is 0.195. The Morgan fingerprint density at radius 2 is 1.64 bits per heavy atom. The molecule has 0 spiro atoms. The third kappa shape index (κ3) is 5.50. The topological polar surface area (TPSA) is 101 Å². The molecule has 1 aliphatic heterocycles. The van der Waals surface area contributed by atoms with E-state index >= 15 is 0 Å². The molecule has 2 aromatic carbocycles. The van der Waals surface area contributed by atoms with Crippen molar-refractivity contribution in [2.45, 2.75) is 18.7 Å². The maximum atomic E-state index is 12.7. The van der Waals surface area contributed by atoms with E-state index < -0.39 is 10.0 Å². The number of aromatic nitrogens is 1. The third-order valence-corrected chi connectivity index (χ3v) is 6.91. The molecule has 0 saturated carbocycles. The first kappa shape index (κ1) is 22.8. The van der Waals surface area contributed by atoms with Crippen molar-refractivity contribution in [1.29, 1.82) is 0 Å². The molecule has 4 rings (SSSR count). The van der Waals surface area contributed by atoms with Gasteiger partial charge in [-0.05, 0) is 73.5 Å². The zero-order chi connectivity index (χ0) is 23.4. The van der Waals surface area contributed by atoms with E-state index in [9.17, 15) is 13.2 Å². The lowest BCUT2D eigenvalue weighted by Gasteiger charge is -2.27. The van der Waals surface area contributed by atoms with E-state index in [0.717, 1.165) is 30.0 Å². The predicted octanol–water partition coefficient (Wildman–Crippen LogP) is 3.59. The summed E-state index contributed by atoms with van der Waals surface area (Å²) in [5.74, 6) is 0.538. The number of rotatable bonds is 6. The minimum Gasteiger partial charge on any atom is -0.378 e. The van der Waals surface area contributed by atoms with Gasteiger partial charge in [0.1, 0.15) is 5.82 Å². The molecule has 0 bridgehead atoms. The number of nitrogens with zero attached hydrogens (tertiary/aromatic N) is 2. The summed E-state index contributed by atoms with van der Waals surface area (Å²) >= 11 is 0. The van der Waals surface area contributed by atoms with Gasteiger partial charge in [0.05, 0.1) is 30.0 Å². The number of anilines is 3. The van der Waals surface area contributed by atoms with Crippen LogP contribution in [0.15, 0.2) is 65.7 Å². The van der Waals surface area contributed by atoms with Crippen LogP contribution in [0.4, 0.5) is 17.2 Å². The number of pyridine rings is 1. The highest BCUT2D eigenvalue weighted by Crippen LogP contribution is 2.20. The molecule has 8 nitrogen and oxygen atoms in total. The summed E-state index contributed by atoms with van der Waals surface area (Å²) in [4.78, 5) is 19.3. The molecule has 3 aromatic rings. The molecular formula is C24H26N4O4S. The molecule has 2 heterocycles. The Balaban J connectivity index is 1.39. The average molecular weight is 467 g/mol. The van der Waals surface area contributed by atoms with Crippen LogP contribution in [-0.4, -0.2) is 45.6 Å². The van der Waals surface area contributed by atoms with Crippen LogP contribution >= 0.6 is 0 Å². The largest absolute Gasteiger partial charge is 0.378 e. The lowest BCUT2D eigenvalue weighted by atomic mass is 10.1. The number of hydrogen-bond donors (Lipinski definition) is 2. The Hall–Kier alpha value is -3.43. The van der Waals surface area contributed by atoms with Crippen molar-refractivity contribution in [3.05, 3.63) is 77.5 Å². The molecular weight excluding hydrogens is 440 g/mol. The molecule has 1 fully saturated rings. The van der Waals surface area contributed by atoms with Crippen molar-refractivity contribution in [1.82, 2.24) is 4.98 Å². The molecule has 9 heteroatoms. The number of ether oxygens (including phenoxy) is 1. The van der Waals surface area contributed by atoms with Gasteiger partial charge in [-0.1, -0.05) is 6.07 Å². The van der Waals surface area contributed by atoms with E-state index in [0.29, 0.717) is 30.2 Å². The Bertz CT molecular complexity index is 1240. The van der Waals surface area contributed by atoms with Crippen LogP contribution < -0.4 is 14.9 Å². The van der Waals surface area contributed by atoms with Gasteiger partial charge in [0, 0.05) is 24.3 Å². The molecule has 0 unspecified atom stereocenters. The SMILES string of the molecule is Cc1ccc(S(=O)(=O)Nc2ccc(C(=O)Nc3ccc(N4CCOCC4)nc3)cc2)cc1C. The normalized spacial score (nSPS) is 14.1. The van der Waals surface area contributed by atoms with Crippen molar-refractivity contribution in [2.75, 3.05) is 41.2 Å². The fourth-order valence-corrected chi connectivity index (χ4v) is 4.57. The van der Waals surface area contributed by atoms with E-state index in [1.54, 1.807) is 48.7 Å². The van der Waals surface area contributed by atoms with Gasteiger partial charge in [-0.25, -0.2) is 13.4 Å². The van der Waals surface area contributed by atoms with Gasteiger partial charge < -0.3 is 15.0 Å². The molecule has 1 saturated heterocycles. The molecule has 0 radical (unpaired) electrons. The number of morpholine rings is 1. The molecule has 0 atom stereocenters. The molecule has 1 amide bonds. The maximum Gasteiger partial charge on any atom is 0.261 e. The molecule has 0 aliphatic carbocycles. The van der Waals surface area contributed by atoms with Gasteiger partial charge in [-0.15, -0.1) is 0 Å². The summed E-state index contributed by atoms with van der Waals surface area (Å²) in [6, 6.07) is 14.9. The zero-order valence-corrected chi connectivity index (χ0v) is 19.4. The zero-order valence-electron chi connectivity index (χ0n) is 18.5. The number of carbonyl (C=O) groups is 1. The van der Waals surface area contributed by atoms with Gasteiger partial charge in [-0.3, -0.25) is 9.52 Å². The number of hydrogen-bond acceptors (Lipinski definition) is 6. The van der Waals surface area contributed by atoms with Crippen LogP contribution in [0.5, 0.6) is 0 Å². The molecule has 2 N–H and O–H groups in total. The lowest BCUT2D eigenvalue weighted by molar-refractivity contribution is 0.102. The average Bonchev–Trinajstić information content (AvgIpc) is 2.82. The number of aryl methyl sites for hydroxylation is 2. The third-order valence-electron chi connectivity index (χ3n) is 5.53. The molecule has 172 valence electrons. The van der Waals surface area contributed by atoms with Crippen LogP contribution in [-0.2, 0) is 14.8 Å². The monoisotopic (exact) mass is 466 g/mol. The van der Waals surface area contributed by atoms with Gasteiger partial charge in [0.2, 0.25) is 0 Å². The first-order valence-electron chi connectivity index (χ1n) is 10.6. The van der Waals surface area contributed by atoms with Crippen molar-refractivity contribution in [3.8, 4) is 0 Å². The second-order valence-corrected chi connectivity index (χ2v) is 9.57. The second kappa shape index (κ2) is 9.60. The van der Waals surface area contributed by atoms with E-state index in [1.165, 1.54) is 0 Å². The standard InChI is InChI=1S/C24H26N4O4S/c1-17-3-9-22(15-18(17)2)33(30,31)27-20-6-4-19(5-7-20)24(29)26-21-8-10-23(25-16-21)28-11-13-32-14-12-28/h3-10,15-16,27H,11-14H2,1-2H3,(H,26,29). The maximum absolute atomic E-state index is 12.7. The van der Waals surface area contributed by atoms with E-state index in [4.69, 9.17) is 4.74 Å². The first-order chi connectivity index (χ1) is 15.8. The smallest absolute Gasteiger partial charge is 0.261 e. The van der Waals surface area contributed by atoms with Crippen LogP contribution in [0.3, 0.4) is 0 Å². The van der Waals surface area contributed by atoms with E-state index in [2.05, 4.69) is 19.9 Å². The van der Waals surface area contributed by atoms with Crippen LogP contribution in [0.2, 0.25) is 0 Å². The number of amides is 1. The second-order valence-electron chi connectivity index (χ2n) is 7.89. The highest BCUT2D eigenvalue weighted by molar-refractivity contribution is 7.92. The fourth-order valence-electron chi connectivity index (χ4n) is 3.43. The number of nitrogens with one attached hydrogen (secondary N) is 2. The minimum atomic E-state index is -3.72. The number of sulfonamides is 1. The number of benzene rings is 2. The summed E-state index contributed by atoms with van der Waals surface area (Å²) in [6.45, 7) is 6.73. The van der Waals surface area contributed by atoms with E-state index in [1.807, 2.05) is 26.0 Å². The van der Waals surface area contributed by atoms with Crippen LogP contribution in [0.1, 0.15) is 21.5 Å². The highest BCUT2D eigenvalue weighted by Gasteiger charge is 2.16. The summed E-state index contributed by atoms with van der Waals surface area (Å²) in [5, 5.41) is 2.81. The molecule has 33 heavy (non-hydrogen) atoms. The Kier molecular flexibility index (Phi) is 6.62. The summed E-state index contributed by atoms with van der Waals surface area (Å²) in [6.07, 6.45) is 1.62. The van der Waals surface area contributed by atoms with Crippen molar-refractivity contribution in [3.63, 3.8) is 0 Å². The fraction of sp³-hybridized carbons (Fsp3) is 0.250. The van der Waals surface area contributed by atoms with E-state index in [-0.39, 0.29) is 10.8 Å². The van der Waals surface area contributed by atoms with Crippen molar-refractivity contribution < 1.29 is 17.9 Å². The summed E-state index contributed by atoms with van der Waals surface area (Å²) in [7, 11) is -3.72. The number of carbonyl (C=O) groups excluding carboxylic acids is 1. The van der Waals surface area contributed by atoms with Gasteiger partial charge in [-0.2, -0.15) is 0 Å². The quantitative estimate of drug-likeness (QED) is 0.576. The molecule has 1 aromatic heterocycles. The predicted molar refractivity (Wildman–Crippen MR) is 128 cm³/mol. The Morgan fingerprint density at radius 1 is 0.939 bits per heavy atom. The van der Waals surface area contributed by atoms with Crippen LogP contribution in [0, 0.1) is 13.8 Å². The van der Waals surface area contributed by atoms with Crippen molar-refractivity contribution >= 4 is 33.1 Å². The highest BCUT2D eigenvalue weighted by atomic mass is 32.2. The summed E-state index contributed by atoms with van der Waals surface area (Å²) < 4.78 is 33.2. The van der Waals surface area contributed by atoms with Crippen LogP contribution in [0.25, 0.3) is 0 Å². The Labute approximate surface area is 193 Å². The summed E-state index contributed by atoms with van der Waals surface area (Å²) in [5.41, 5.74) is 3.28. The van der Waals surface area contributed by atoms with Gasteiger partial charge in [0.15, 0.2) is 0 Å². The van der Waals surface area contributed by atoms with Crippen molar-refractivity contribution in [2.24, 2.45) is 0 Å². The Morgan fingerprint density at radius 3 is 2.27 bits per heavy atom.